The molecule has 4 nitrogen and oxygen atoms in total. The lowest BCUT2D eigenvalue weighted by Crippen LogP contribution is -2.18. The summed E-state index contributed by atoms with van der Waals surface area (Å²) < 4.78 is 0.948. The maximum atomic E-state index is 5.83. The van der Waals surface area contributed by atoms with E-state index in [0.29, 0.717) is 15.3 Å². The SMILES string of the molecule is CCCSc1nnc(NC(=S)Nc2ccc(Cl)cc2)s1. The highest BCUT2D eigenvalue weighted by Gasteiger charge is 2.06. The molecule has 0 saturated carbocycles. The number of anilines is 2. The standard InChI is InChI=1S/C12H13ClN4S3/c1-2-7-19-12-17-16-11(20-12)15-10(18)14-9-5-3-8(13)4-6-9/h3-6H,2,7H2,1H3,(H2,14,15,16,18). The molecular formula is C12H13ClN4S3. The minimum Gasteiger partial charge on any atom is -0.332 e. The summed E-state index contributed by atoms with van der Waals surface area (Å²) in [7, 11) is 0. The van der Waals surface area contributed by atoms with E-state index in [1.807, 2.05) is 12.1 Å². The summed E-state index contributed by atoms with van der Waals surface area (Å²) in [5.41, 5.74) is 0.872. The summed E-state index contributed by atoms with van der Waals surface area (Å²) in [4.78, 5) is 0. The Hall–Kier alpha value is -0.890. The van der Waals surface area contributed by atoms with Crippen molar-refractivity contribution in [3.63, 3.8) is 0 Å². The number of nitrogens with zero attached hydrogens (tertiary/aromatic N) is 2. The molecule has 0 fully saturated rings. The van der Waals surface area contributed by atoms with Gasteiger partial charge in [-0.2, -0.15) is 0 Å². The average Bonchev–Trinajstić information content (AvgIpc) is 2.86. The van der Waals surface area contributed by atoms with Crippen LogP contribution in [0.2, 0.25) is 5.02 Å². The van der Waals surface area contributed by atoms with Crippen LogP contribution in [0.5, 0.6) is 0 Å². The van der Waals surface area contributed by atoms with Crippen molar-refractivity contribution in [3.05, 3.63) is 29.3 Å². The normalized spacial score (nSPS) is 10.3. The van der Waals surface area contributed by atoms with Crippen molar-refractivity contribution >= 4 is 62.8 Å². The molecule has 106 valence electrons. The molecule has 0 saturated heterocycles. The van der Waals surface area contributed by atoms with Crippen molar-refractivity contribution < 1.29 is 0 Å². The number of halogens is 1. The third-order valence-electron chi connectivity index (χ3n) is 2.16. The molecule has 0 unspecified atom stereocenters. The van der Waals surface area contributed by atoms with Gasteiger partial charge in [0.1, 0.15) is 0 Å². The summed E-state index contributed by atoms with van der Waals surface area (Å²) in [5.74, 6) is 1.04. The predicted octanol–water partition coefficient (Wildman–Crippen LogP) is 4.50. The lowest BCUT2D eigenvalue weighted by Gasteiger charge is -2.07. The number of aromatic nitrogens is 2. The molecular weight excluding hydrogens is 332 g/mol. The molecule has 2 N–H and O–H groups in total. The monoisotopic (exact) mass is 344 g/mol. The van der Waals surface area contributed by atoms with E-state index < -0.39 is 0 Å². The number of rotatable bonds is 5. The zero-order valence-corrected chi connectivity index (χ0v) is 13.9. The van der Waals surface area contributed by atoms with Crippen molar-refractivity contribution in [2.24, 2.45) is 0 Å². The van der Waals surface area contributed by atoms with Crippen LogP contribution in [0, 0.1) is 0 Å². The predicted molar refractivity (Wildman–Crippen MR) is 92.2 cm³/mol. The van der Waals surface area contributed by atoms with Crippen LogP contribution in [-0.2, 0) is 0 Å². The summed E-state index contributed by atoms with van der Waals surface area (Å²) in [6.07, 6.45) is 1.11. The van der Waals surface area contributed by atoms with E-state index in [2.05, 4.69) is 27.8 Å². The maximum absolute atomic E-state index is 5.83. The van der Waals surface area contributed by atoms with E-state index in [4.69, 9.17) is 23.8 Å². The van der Waals surface area contributed by atoms with Gasteiger partial charge in [-0.25, -0.2) is 0 Å². The number of thioether (sulfide) groups is 1. The minimum absolute atomic E-state index is 0.482. The summed E-state index contributed by atoms with van der Waals surface area (Å²) in [6.45, 7) is 2.14. The molecule has 1 heterocycles. The van der Waals surface area contributed by atoms with Gasteiger partial charge in [0, 0.05) is 16.5 Å². The second kappa shape index (κ2) is 7.78. The number of hydrogen-bond acceptors (Lipinski definition) is 5. The average molecular weight is 345 g/mol. The van der Waals surface area contributed by atoms with Gasteiger partial charge in [-0.1, -0.05) is 41.6 Å². The smallest absolute Gasteiger partial charge is 0.212 e. The second-order valence-electron chi connectivity index (χ2n) is 3.81. The van der Waals surface area contributed by atoms with Crippen molar-refractivity contribution in [2.75, 3.05) is 16.4 Å². The summed E-state index contributed by atoms with van der Waals surface area (Å²) in [5, 5.41) is 16.1. The van der Waals surface area contributed by atoms with Gasteiger partial charge < -0.3 is 10.6 Å². The largest absolute Gasteiger partial charge is 0.332 e. The van der Waals surface area contributed by atoms with Crippen LogP contribution in [0.1, 0.15) is 13.3 Å². The summed E-state index contributed by atoms with van der Waals surface area (Å²) in [6, 6.07) is 7.33. The van der Waals surface area contributed by atoms with Gasteiger partial charge in [0.15, 0.2) is 9.45 Å². The van der Waals surface area contributed by atoms with Crippen molar-refractivity contribution in [2.45, 2.75) is 17.7 Å². The Morgan fingerprint density at radius 1 is 1.30 bits per heavy atom. The molecule has 20 heavy (non-hydrogen) atoms. The highest BCUT2D eigenvalue weighted by molar-refractivity contribution is 8.01. The molecule has 1 aromatic heterocycles. The maximum Gasteiger partial charge on any atom is 0.212 e. The Kier molecular flexibility index (Phi) is 6.03. The van der Waals surface area contributed by atoms with Gasteiger partial charge in [0.2, 0.25) is 5.13 Å². The molecule has 0 aliphatic carbocycles. The van der Waals surface area contributed by atoms with Crippen molar-refractivity contribution in [1.82, 2.24) is 10.2 Å². The molecule has 0 bridgehead atoms. The lowest BCUT2D eigenvalue weighted by molar-refractivity contribution is 1.01. The zero-order chi connectivity index (χ0) is 14.4. The fourth-order valence-electron chi connectivity index (χ4n) is 1.30. The highest BCUT2D eigenvalue weighted by atomic mass is 35.5. The lowest BCUT2D eigenvalue weighted by atomic mass is 10.3. The van der Waals surface area contributed by atoms with E-state index in [-0.39, 0.29) is 0 Å². The Morgan fingerprint density at radius 2 is 2.05 bits per heavy atom. The first-order valence-electron chi connectivity index (χ1n) is 5.97. The Balaban J connectivity index is 1.87. The highest BCUT2D eigenvalue weighted by Crippen LogP contribution is 2.25. The molecule has 8 heteroatoms. The van der Waals surface area contributed by atoms with Gasteiger partial charge in [-0.15, -0.1) is 10.2 Å². The third kappa shape index (κ3) is 4.90. The van der Waals surface area contributed by atoms with Crippen LogP contribution in [0.25, 0.3) is 0 Å². The van der Waals surface area contributed by atoms with Crippen LogP contribution < -0.4 is 10.6 Å². The van der Waals surface area contributed by atoms with Crippen LogP contribution in [0.3, 0.4) is 0 Å². The summed E-state index contributed by atoms with van der Waals surface area (Å²) >= 11 is 14.2. The van der Waals surface area contributed by atoms with Crippen LogP contribution in [0.4, 0.5) is 10.8 Å². The van der Waals surface area contributed by atoms with Gasteiger partial charge in [0.05, 0.1) is 0 Å². The van der Waals surface area contributed by atoms with Gasteiger partial charge in [-0.3, -0.25) is 0 Å². The van der Waals surface area contributed by atoms with Crippen LogP contribution in [-0.4, -0.2) is 21.1 Å². The topological polar surface area (TPSA) is 49.8 Å². The number of hydrogen-bond donors (Lipinski definition) is 2. The van der Waals surface area contributed by atoms with Crippen LogP contribution >= 0.6 is 46.9 Å². The number of nitrogens with one attached hydrogen (secondary N) is 2. The first kappa shape index (κ1) is 15.5. The van der Waals surface area contributed by atoms with Gasteiger partial charge >= 0.3 is 0 Å². The van der Waals surface area contributed by atoms with Crippen molar-refractivity contribution in [1.29, 1.82) is 0 Å². The fraction of sp³-hybridized carbons (Fsp3) is 0.250. The number of thiocarbonyl (C=S) groups is 1. The number of benzene rings is 1. The Morgan fingerprint density at radius 3 is 2.75 bits per heavy atom. The molecule has 0 aliphatic heterocycles. The van der Waals surface area contributed by atoms with E-state index in [0.717, 1.165) is 22.2 Å². The third-order valence-corrected chi connectivity index (χ3v) is 4.79. The van der Waals surface area contributed by atoms with Gasteiger partial charge in [0.25, 0.3) is 0 Å². The first-order chi connectivity index (χ1) is 9.67. The molecule has 2 aromatic rings. The molecule has 1 aromatic carbocycles. The molecule has 0 radical (unpaired) electrons. The van der Waals surface area contributed by atoms with E-state index in [1.165, 1.54) is 11.3 Å². The Bertz CT molecular complexity index is 570. The zero-order valence-electron chi connectivity index (χ0n) is 10.7. The van der Waals surface area contributed by atoms with E-state index >= 15 is 0 Å². The minimum atomic E-state index is 0.482. The van der Waals surface area contributed by atoms with Gasteiger partial charge in [-0.05, 0) is 42.9 Å². The molecule has 0 aliphatic rings. The molecule has 0 amide bonds. The van der Waals surface area contributed by atoms with E-state index in [1.54, 1.807) is 23.9 Å². The first-order valence-corrected chi connectivity index (χ1v) is 8.56. The second-order valence-corrected chi connectivity index (χ2v) is 6.97. The van der Waals surface area contributed by atoms with Crippen LogP contribution in [0.15, 0.2) is 28.6 Å². The Labute approximate surface area is 136 Å². The van der Waals surface area contributed by atoms with E-state index in [9.17, 15) is 0 Å². The molecule has 2 rings (SSSR count). The quantitative estimate of drug-likeness (QED) is 0.615. The van der Waals surface area contributed by atoms with Crippen molar-refractivity contribution in [3.8, 4) is 0 Å². The molecule has 0 spiro atoms. The molecule has 0 atom stereocenters. The fourth-order valence-corrected chi connectivity index (χ4v) is 3.39.